The predicted octanol–water partition coefficient (Wildman–Crippen LogP) is 9.71. The van der Waals surface area contributed by atoms with Crippen LogP contribution in [0.15, 0.2) is 60.9 Å². The number of unbranched alkanes of at least 4 members (excludes halogenated alkanes) is 9. The molecule has 4 nitrogen and oxygen atoms in total. The molecule has 0 saturated carbocycles. The number of carbonyl (C=O) groups excluding carboxylic acids is 1. The van der Waals surface area contributed by atoms with Gasteiger partial charge in [0.05, 0.1) is 0 Å². The topological polar surface area (TPSA) is 52.1 Å². The average molecular weight is 533 g/mol. The number of aromatic nitrogens is 2. The van der Waals surface area contributed by atoms with Gasteiger partial charge in [-0.3, -0.25) is 0 Å². The third kappa shape index (κ3) is 10.2. The Labute approximate surface area is 234 Å². The van der Waals surface area contributed by atoms with Crippen LogP contribution in [-0.4, -0.2) is 21.6 Å². The van der Waals surface area contributed by atoms with Gasteiger partial charge in [0.25, 0.3) is 0 Å². The lowest BCUT2D eigenvalue weighted by molar-refractivity contribution is -0.147. The first-order valence-electron chi connectivity index (χ1n) is 14.9. The van der Waals surface area contributed by atoms with E-state index < -0.39 is 11.6 Å². The van der Waals surface area contributed by atoms with E-state index in [2.05, 4.69) is 41.2 Å². The smallest absolute Gasteiger partial charge is 0.348 e. The quantitative estimate of drug-likeness (QED) is 0.0986. The number of carbonyl (C=O) groups is 1. The van der Waals surface area contributed by atoms with E-state index in [0.29, 0.717) is 18.0 Å². The first-order chi connectivity index (χ1) is 18.9. The molecule has 0 aliphatic rings. The fourth-order valence-electron chi connectivity index (χ4n) is 4.65. The van der Waals surface area contributed by atoms with Gasteiger partial charge < -0.3 is 4.74 Å². The van der Waals surface area contributed by atoms with E-state index in [1.54, 1.807) is 24.5 Å². The van der Waals surface area contributed by atoms with Gasteiger partial charge in [-0.15, -0.1) is 0 Å². The lowest BCUT2D eigenvalue weighted by atomic mass is 10.0. The Morgan fingerprint density at radius 1 is 0.718 bits per heavy atom. The Bertz CT molecular complexity index is 1110. The van der Waals surface area contributed by atoms with Crippen LogP contribution >= 0.6 is 0 Å². The van der Waals surface area contributed by atoms with Crippen molar-refractivity contribution in [1.29, 1.82) is 0 Å². The van der Waals surface area contributed by atoms with E-state index in [-0.39, 0.29) is 6.42 Å². The molecule has 0 N–H and O–H groups in total. The normalized spacial score (nSPS) is 12.7. The highest BCUT2D eigenvalue weighted by molar-refractivity contribution is 5.81. The number of esters is 1. The molecule has 5 heteroatoms. The van der Waals surface area contributed by atoms with Gasteiger partial charge in [-0.05, 0) is 55.9 Å². The van der Waals surface area contributed by atoms with Crippen molar-refractivity contribution >= 4 is 5.97 Å². The van der Waals surface area contributed by atoms with E-state index in [0.717, 1.165) is 36.0 Å². The van der Waals surface area contributed by atoms with Crippen molar-refractivity contribution < 1.29 is 13.9 Å². The second-order valence-corrected chi connectivity index (χ2v) is 10.8. The SMILES string of the molecule is CCCCCCCCCCc1ccc(-c2ncc(-c3ccc(OC(=O)C(C)(F)CCCCC)cc3)cn2)cc1. The van der Waals surface area contributed by atoms with E-state index >= 15 is 0 Å². The predicted molar refractivity (Wildman–Crippen MR) is 159 cm³/mol. The largest absolute Gasteiger partial charge is 0.424 e. The number of hydrogen-bond donors (Lipinski definition) is 0. The second-order valence-electron chi connectivity index (χ2n) is 10.8. The first-order valence-corrected chi connectivity index (χ1v) is 14.9. The van der Waals surface area contributed by atoms with Crippen LogP contribution in [0.25, 0.3) is 22.5 Å². The number of aryl methyl sites for hydroxylation is 1. The highest BCUT2D eigenvalue weighted by Gasteiger charge is 2.34. The Morgan fingerprint density at radius 3 is 1.87 bits per heavy atom. The molecule has 1 unspecified atom stereocenters. The minimum absolute atomic E-state index is 0.170. The lowest BCUT2D eigenvalue weighted by Crippen LogP contribution is -2.34. The van der Waals surface area contributed by atoms with Crippen LogP contribution in [0.2, 0.25) is 0 Å². The van der Waals surface area contributed by atoms with Crippen molar-refractivity contribution in [2.75, 3.05) is 0 Å². The summed E-state index contributed by atoms with van der Waals surface area (Å²) in [4.78, 5) is 21.4. The molecule has 0 aliphatic carbocycles. The number of hydrogen-bond acceptors (Lipinski definition) is 4. The van der Waals surface area contributed by atoms with Crippen molar-refractivity contribution in [3.05, 3.63) is 66.5 Å². The summed E-state index contributed by atoms with van der Waals surface area (Å²) in [6, 6.07) is 15.6. The highest BCUT2D eigenvalue weighted by Crippen LogP contribution is 2.26. The Balaban J connectivity index is 1.48. The molecule has 1 aromatic heterocycles. The molecule has 210 valence electrons. The Kier molecular flexibility index (Phi) is 12.6. The second kappa shape index (κ2) is 16.1. The number of alkyl halides is 1. The summed E-state index contributed by atoms with van der Waals surface area (Å²) < 4.78 is 20.0. The van der Waals surface area contributed by atoms with E-state index in [9.17, 15) is 9.18 Å². The van der Waals surface area contributed by atoms with Crippen LogP contribution in [-0.2, 0) is 11.2 Å². The van der Waals surface area contributed by atoms with Crippen molar-refractivity contribution in [3.8, 4) is 28.3 Å². The minimum Gasteiger partial charge on any atom is -0.424 e. The van der Waals surface area contributed by atoms with Gasteiger partial charge in [-0.2, -0.15) is 0 Å². The third-order valence-electron chi connectivity index (χ3n) is 7.26. The maximum absolute atomic E-state index is 14.7. The lowest BCUT2D eigenvalue weighted by Gasteiger charge is -2.18. The Morgan fingerprint density at radius 2 is 1.26 bits per heavy atom. The summed E-state index contributed by atoms with van der Waals surface area (Å²) in [7, 11) is 0. The summed E-state index contributed by atoms with van der Waals surface area (Å²) in [5.74, 6) is 0.170. The van der Waals surface area contributed by atoms with Gasteiger partial charge in [0.2, 0.25) is 5.67 Å². The summed E-state index contributed by atoms with van der Waals surface area (Å²) >= 11 is 0. The van der Waals surface area contributed by atoms with Crippen molar-refractivity contribution in [2.24, 2.45) is 0 Å². The molecule has 0 spiro atoms. The highest BCUT2D eigenvalue weighted by atomic mass is 19.1. The molecular weight excluding hydrogens is 487 g/mol. The molecule has 0 amide bonds. The maximum atomic E-state index is 14.7. The molecule has 0 bridgehead atoms. The Hall–Kier alpha value is -3.08. The molecular formula is C34H45FN2O2. The summed E-state index contributed by atoms with van der Waals surface area (Å²) in [5, 5.41) is 0. The van der Waals surface area contributed by atoms with Gasteiger partial charge in [0.15, 0.2) is 5.82 Å². The first kappa shape index (κ1) is 30.5. The van der Waals surface area contributed by atoms with Crippen molar-refractivity contribution in [1.82, 2.24) is 9.97 Å². The monoisotopic (exact) mass is 532 g/mol. The number of rotatable bonds is 17. The molecule has 3 rings (SSSR count). The third-order valence-corrected chi connectivity index (χ3v) is 7.26. The fourth-order valence-corrected chi connectivity index (χ4v) is 4.65. The number of nitrogens with zero attached hydrogens (tertiary/aromatic N) is 2. The van der Waals surface area contributed by atoms with Crippen LogP contribution in [0, 0.1) is 0 Å². The van der Waals surface area contributed by atoms with Gasteiger partial charge in [0.1, 0.15) is 5.75 Å². The van der Waals surface area contributed by atoms with Crippen LogP contribution in [0.3, 0.4) is 0 Å². The van der Waals surface area contributed by atoms with Crippen LogP contribution in [0.1, 0.15) is 103 Å². The van der Waals surface area contributed by atoms with Crippen molar-refractivity contribution in [3.63, 3.8) is 0 Å². The molecule has 0 fully saturated rings. The van der Waals surface area contributed by atoms with E-state index in [1.807, 2.05) is 19.1 Å². The molecule has 0 aliphatic heterocycles. The average Bonchev–Trinajstić information content (AvgIpc) is 2.95. The fraction of sp³-hybridized carbons (Fsp3) is 0.500. The minimum atomic E-state index is -1.98. The van der Waals surface area contributed by atoms with Gasteiger partial charge in [-0.1, -0.05) is 108 Å². The van der Waals surface area contributed by atoms with Gasteiger partial charge in [-0.25, -0.2) is 19.2 Å². The summed E-state index contributed by atoms with van der Waals surface area (Å²) in [5.41, 5.74) is 2.13. The van der Waals surface area contributed by atoms with Gasteiger partial charge >= 0.3 is 5.97 Å². The zero-order valence-electron chi connectivity index (χ0n) is 24.1. The number of halogens is 1. The summed E-state index contributed by atoms with van der Waals surface area (Å²) in [6.45, 7) is 5.60. The molecule has 0 radical (unpaired) electrons. The van der Waals surface area contributed by atoms with Crippen molar-refractivity contribution in [2.45, 2.75) is 110 Å². The molecule has 39 heavy (non-hydrogen) atoms. The molecule has 0 saturated heterocycles. The zero-order valence-corrected chi connectivity index (χ0v) is 24.1. The molecule has 1 heterocycles. The number of benzene rings is 2. The molecule has 3 aromatic rings. The van der Waals surface area contributed by atoms with Gasteiger partial charge in [0, 0.05) is 23.5 Å². The number of ether oxygens (including phenoxy) is 1. The van der Waals surface area contributed by atoms with Crippen LogP contribution in [0.5, 0.6) is 5.75 Å². The van der Waals surface area contributed by atoms with Crippen LogP contribution in [0.4, 0.5) is 4.39 Å². The molecule has 1 atom stereocenters. The summed E-state index contributed by atoms with van der Waals surface area (Å²) in [6.07, 6.45) is 18.1. The standard InChI is InChI=1S/C34H45FN2O2/c1-4-6-8-9-10-11-12-13-15-27-16-18-29(19-17-27)32-36-25-30(26-37-32)28-20-22-31(23-21-28)39-33(38)34(3,35)24-14-7-5-2/h16-23,25-26H,4-15,24H2,1-3H3. The molecule has 2 aromatic carbocycles. The van der Waals surface area contributed by atoms with E-state index in [4.69, 9.17) is 4.74 Å². The van der Waals surface area contributed by atoms with Crippen LogP contribution < -0.4 is 4.74 Å². The van der Waals surface area contributed by atoms with E-state index in [1.165, 1.54) is 63.9 Å². The zero-order chi connectivity index (χ0) is 27.9. The maximum Gasteiger partial charge on any atom is 0.348 e.